The predicted octanol–water partition coefficient (Wildman–Crippen LogP) is 0.933. The van der Waals surface area contributed by atoms with Crippen LogP contribution >= 0.6 is 0 Å². The minimum absolute atomic E-state index is 0.698. The highest BCUT2D eigenvalue weighted by atomic mass is 16.8. The number of aliphatic carboxylic acids is 1. The molecule has 98 valence electrons. The van der Waals surface area contributed by atoms with E-state index in [1.807, 2.05) is 0 Å². The van der Waals surface area contributed by atoms with E-state index in [4.69, 9.17) is 19.3 Å². The highest BCUT2D eigenvalue weighted by Crippen LogP contribution is 2.29. The third kappa shape index (κ3) is 3.67. The van der Waals surface area contributed by atoms with Crippen LogP contribution in [0.25, 0.3) is 0 Å². The van der Waals surface area contributed by atoms with Crippen LogP contribution in [-0.4, -0.2) is 40.6 Å². The van der Waals surface area contributed by atoms with Gasteiger partial charge < -0.3 is 19.3 Å². The first-order valence-electron chi connectivity index (χ1n) is 5.33. The molecule has 1 aliphatic rings. The second kappa shape index (κ2) is 4.27. The van der Waals surface area contributed by atoms with Crippen molar-refractivity contribution in [3.8, 4) is 0 Å². The van der Waals surface area contributed by atoms with Crippen molar-refractivity contribution in [1.82, 2.24) is 0 Å². The van der Waals surface area contributed by atoms with Crippen LogP contribution < -0.4 is 0 Å². The fourth-order valence-corrected chi connectivity index (χ4v) is 1.47. The Bertz CT molecular complexity index is 327. The number of rotatable bonds is 2. The molecule has 0 amide bonds. The van der Waals surface area contributed by atoms with E-state index in [9.17, 15) is 9.59 Å². The lowest BCUT2D eigenvalue weighted by Gasteiger charge is -2.22. The van der Waals surface area contributed by atoms with Gasteiger partial charge in [0.2, 0.25) is 0 Å². The summed E-state index contributed by atoms with van der Waals surface area (Å²) in [6.45, 7) is 8.19. The molecule has 1 saturated heterocycles. The molecular formula is C11H18O6. The fraction of sp³-hybridized carbons (Fsp3) is 0.818. The molecule has 0 aromatic rings. The zero-order chi connectivity index (χ0) is 13.4. The van der Waals surface area contributed by atoms with Gasteiger partial charge in [-0.25, -0.2) is 9.59 Å². The lowest BCUT2D eigenvalue weighted by Crippen LogP contribution is -2.41. The van der Waals surface area contributed by atoms with Gasteiger partial charge in [-0.1, -0.05) is 0 Å². The van der Waals surface area contributed by atoms with Gasteiger partial charge in [-0.15, -0.1) is 0 Å². The average Bonchev–Trinajstić information content (AvgIpc) is 2.38. The van der Waals surface area contributed by atoms with Gasteiger partial charge in [-0.3, -0.25) is 0 Å². The van der Waals surface area contributed by atoms with Crippen molar-refractivity contribution in [2.75, 3.05) is 0 Å². The third-order valence-electron chi connectivity index (χ3n) is 1.98. The lowest BCUT2D eigenvalue weighted by atomic mass is 10.1. The number of ether oxygens (including phenoxy) is 3. The maximum atomic E-state index is 11.8. The topological polar surface area (TPSA) is 82.1 Å². The Morgan fingerprint density at radius 1 is 1.18 bits per heavy atom. The average molecular weight is 246 g/mol. The quantitative estimate of drug-likeness (QED) is 0.730. The van der Waals surface area contributed by atoms with Gasteiger partial charge in [-0.05, 0) is 34.6 Å². The number of carboxylic acids is 1. The molecule has 0 aromatic heterocycles. The molecule has 0 spiro atoms. The summed E-state index contributed by atoms with van der Waals surface area (Å²) in [4.78, 5) is 22.7. The summed E-state index contributed by atoms with van der Waals surface area (Å²) in [5, 5.41) is 8.95. The largest absolute Gasteiger partial charge is 0.479 e. The molecule has 1 heterocycles. The van der Waals surface area contributed by atoms with Crippen molar-refractivity contribution in [2.24, 2.45) is 0 Å². The number of esters is 1. The standard InChI is InChI=1S/C11H18O6/c1-10(2,3)17-9(14)7-6(8(12)13)15-11(4,5)16-7/h6-7H,1-5H3,(H,12,13)/t6-,7?/m1/s1. The van der Waals surface area contributed by atoms with Crippen LogP contribution in [0, 0.1) is 0 Å². The molecule has 17 heavy (non-hydrogen) atoms. The van der Waals surface area contributed by atoms with Crippen LogP contribution in [0.3, 0.4) is 0 Å². The number of hydrogen-bond donors (Lipinski definition) is 1. The summed E-state index contributed by atoms with van der Waals surface area (Å²) in [6, 6.07) is 0. The van der Waals surface area contributed by atoms with E-state index in [0.29, 0.717) is 0 Å². The number of hydrogen-bond acceptors (Lipinski definition) is 5. The van der Waals surface area contributed by atoms with Crippen LogP contribution in [0.5, 0.6) is 0 Å². The Balaban J connectivity index is 2.81. The van der Waals surface area contributed by atoms with Gasteiger partial charge >= 0.3 is 11.9 Å². The van der Waals surface area contributed by atoms with Gasteiger partial charge in [0, 0.05) is 0 Å². The zero-order valence-electron chi connectivity index (χ0n) is 10.6. The molecular weight excluding hydrogens is 228 g/mol. The minimum Gasteiger partial charge on any atom is -0.479 e. The highest BCUT2D eigenvalue weighted by Gasteiger charge is 2.50. The van der Waals surface area contributed by atoms with Gasteiger partial charge in [0.1, 0.15) is 5.60 Å². The smallest absolute Gasteiger partial charge is 0.339 e. The Hall–Kier alpha value is -1.14. The first-order chi connectivity index (χ1) is 7.52. The van der Waals surface area contributed by atoms with E-state index in [0.717, 1.165) is 0 Å². The van der Waals surface area contributed by atoms with Crippen molar-refractivity contribution in [3.63, 3.8) is 0 Å². The minimum atomic E-state index is -1.33. The molecule has 1 N–H and O–H groups in total. The van der Waals surface area contributed by atoms with Crippen molar-refractivity contribution >= 4 is 11.9 Å². The maximum Gasteiger partial charge on any atom is 0.339 e. The molecule has 0 aromatic carbocycles. The second-order valence-corrected chi connectivity index (χ2v) is 5.35. The van der Waals surface area contributed by atoms with E-state index in [-0.39, 0.29) is 0 Å². The first kappa shape index (κ1) is 13.9. The van der Waals surface area contributed by atoms with E-state index >= 15 is 0 Å². The molecule has 1 rings (SSSR count). The zero-order valence-corrected chi connectivity index (χ0v) is 10.6. The summed E-state index contributed by atoms with van der Waals surface area (Å²) in [7, 11) is 0. The molecule has 1 unspecified atom stereocenters. The van der Waals surface area contributed by atoms with Crippen LogP contribution in [-0.2, 0) is 23.8 Å². The SMILES string of the molecule is CC(C)(C)OC(=O)C1OC(C)(C)O[C@H]1C(=O)O. The van der Waals surface area contributed by atoms with Crippen molar-refractivity contribution in [3.05, 3.63) is 0 Å². The van der Waals surface area contributed by atoms with Crippen LogP contribution in [0.1, 0.15) is 34.6 Å². The molecule has 6 heteroatoms. The molecule has 2 atom stereocenters. The van der Waals surface area contributed by atoms with Crippen LogP contribution in [0.4, 0.5) is 0 Å². The van der Waals surface area contributed by atoms with Crippen LogP contribution in [0.2, 0.25) is 0 Å². The molecule has 6 nitrogen and oxygen atoms in total. The fourth-order valence-electron chi connectivity index (χ4n) is 1.47. The molecule has 0 radical (unpaired) electrons. The Kier molecular flexibility index (Phi) is 3.50. The van der Waals surface area contributed by atoms with Gasteiger partial charge in [-0.2, -0.15) is 0 Å². The normalized spacial score (nSPS) is 27.8. The summed E-state index contributed by atoms with van der Waals surface area (Å²) in [5.41, 5.74) is -0.698. The molecule has 0 saturated carbocycles. The monoisotopic (exact) mass is 246 g/mol. The van der Waals surface area contributed by atoms with E-state index < -0.39 is 35.5 Å². The van der Waals surface area contributed by atoms with Crippen molar-refractivity contribution in [2.45, 2.75) is 58.2 Å². The number of carbonyl (C=O) groups excluding carboxylic acids is 1. The number of carboxylic acid groups (broad SMARTS) is 1. The predicted molar refractivity (Wildman–Crippen MR) is 57.3 cm³/mol. The summed E-state index contributed by atoms with van der Waals surface area (Å²) in [5.74, 6) is -3.08. The Morgan fingerprint density at radius 3 is 2.06 bits per heavy atom. The second-order valence-electron chi connectivity index (χ2n) is 5.35. The first-order valence-corrected chi connectivity index (χ1v) is 5.33. The molecule has 0 bridgehead atoms. The van der Waals surface area contributed by atoms with Gasteiger partial charge in [0.15, 0.2) is 18.0 Å². The van der Waals surface area contributed by atoms with Gasteiger partial charge in [0.05, 0.1) is 0 Å². The third-order valence-corrected chi connectivity index (χ3v) is 1.98. The maximum absolute atomic E-state index is 11.8. The highest BCUT2D eigenvalue weighted by molar-refractivity contribution is 5.85. The Morgan fingerprint density at radius 2 is 1.65 bits per heavy atom. The van der Waals surface area contributed by atoms with E-state index in [2.05, 4.69) is 0 Å². The van der Waals surface area contributed by atoms with Crippen molar-refractivity contribution < 1.29 is 28.9 Å². The molecule has 0 aliphatic carbocycles. The summed E-state index contributed by atoms with van der Waals surface area (Å²) < 4.78 is 15.5. The van der Waals surface area contributed by atoms with Crippen molar-refractivity contribution in [1.29, 1.82) is 0 Å². The van der Waals surface area contributed by atoms with Gasteiger partial charge in [0.25, 0.3) is 0 Å². The number of carbonyl (C=O) groups is 2. The molecule has 1 fully saturated rings. The van der Waals surface area contributed by atoms with E-state index in [1.54, 1.807) is 34.6 Å². The molecule has 1 aliphatic heterocycles. The summed E-state index contributed by atoms with van der Waals surface area (Å²) >= 11 is 0. The van der Waals surface area contributed by atoms with Crippen LogP contribution in [0.15, 0.2) is 0 Å². The van der Waals surface area contributed by atoms with E-state index in [1.165, 1.54) is 0 Å². The summed E-state index contributed by atoms with van der Waals surface area (Å²) in [6.07, 6.45) is -2.57. The Labute approximate surface area is 99.8 Å². The lowest BCUT2D eigenvalue weighted by molar-refractivity contribution is -0.178.